The lowest BCUT2D eigenvalue weighted by Crippen LogP contribution is -2.24. The van der Waals surface area contributed by atoms with Crippen LogP contribution < -0.4 is 4.74 Å². The zero-order chi connectivity index (χ0) is 25.0. The number of hydrogen-bond donors (Lipinski definition) is 0. The predicted molar refractivity (Wildman–Crippen MR) is 109 cm³/mol. The summed E-state index contributed by atoms with van der Waals surface area (Å²) < 4.78 is 129. The van der Waals surface area contributed by atoms with Gasteiger partial charge in [0.2, 0.25) is 0 Å². The average molecular weight is 508 g/mol. The molecule has 0 radical (unpaired) electrons. The van der Waals surface area contributed by atoms with Crippen LogP contribution in [0.2, 0.25) is 0 Å². The normalized spacial score (nSPS) is 12.6. The van der Waals surface area contributed by atoms with Crippen molar-refractivity contribution >= 4 is 31.5 Å². The number of thiophene rings is 1. The number of rotatable bonds is 5. The Morgan fingerprint density at radius 3 is 1.91 bits per heavy atom. The molecule has 4 rings (SSSR count). The Kier molecular flexibility index (Phi) is 5.95. The zero-order valence-corrected chi connectivity index (χ0v) is 17.9. The molecule has 180 valence electrons. The van der Waals surface area contributed by atoms with Gasteiger partial charge in [-0.25, -0.2) is 17.6 Å². The zero-order valence-electron chi connectivity index (χ0n) is 17.1. The van der Waals surface area contributed by atoms with Gasteiger partial charge in [0.25, 0.3) is 0 Å². The van der Waals surface area contributed by atoms with Crippen LogP contribution in [0.15, 0.2) is 36.4 Å². The second kappa shape index (κ2) is 8.37. The van der Waals surface area contributed by atoms with E-state index < -0.39 is 52.4 Å². The van der Waals surface area contributed by atoms with Crippen LogP contribution in [0.5, 0.6) is 5.75 Å². The smallest absolute Gasteiger partial charge is 0.429 e. The molecule has 0 aliphatic rings. The molecule has 0 spiro atoms. The minimum absolute atomic E-state index is 0.0691. The highest BCUT2D eigenvalue weighted by molar-refractivity contribution is 7.25. The summed E-state index contributed by atoms with van der Waals surface area (Å²) >= 11 is 0.617. The number of ether oxygens (including phenoxy) is 1. The number of hydrogen-bond acceptors (Lipinski definition) is 2. The van der Waals surface area contributed by atoms with E-state index in [2.05, 4.69) is 4.74 Å². The summed E-state index contributed by atoms with van der Waals surface area (Å²) in [6.45, 7) is 1.84. The molecule has 0 atom stereocenters. The first-order valence-corrected chi connectivity index (χ1v) is 10.6. The molecule has 0 amide bonds. The van der Waals surface area contributed by atoms with Gasteiger partial charge in [-0.3, -0.25) is 0 Å². The third-order valence-electron chi connectivity index (χ3n) is 5.15. The van der Waals surface area contributed by atoms with E-state index in [0.717, 1.165) is 6.07 Å². The van der Waals surface area contributed by atoms with Gasteiger partial charge in [-0.15, -0.1) is 11.3 Å². The van der Waals surface area contributed by atoms with E-state index in [9.17, 15) is 35.1 Å². The maximum atomic E-state index is 15.1. The molecule has 4 aromatic rings. The fourth-order valence-electron chi connectivity index (χ4n) is 3.65. The van der Waals surface area contributed by atoms with Crippen LogP contribution in [0.25, 0.3) is 20.2 Å². The largest absolute Gasteiger partial charge is 0.429 e. The van der Waals surface area contributed by atoms with Gasteiger partial charge in [0, 0.05) is 22.9 Å². The van der Waals surface area contributed by atoms with Gasteiger partial charge in [-0.1, -0.05) is 31.5 Å². The highest BCUT2D eigenvalue weighted by Crippen LogP contribution is 2.43. The van der Waals surface area contributed by atoms with Crippen molar-refractivity contribution in [3.05, 3.63) is 76.4 Å². The number of fused-ring (bicyclic) bond motifs is 3. The lowest BCUT2D eigenvalue weighted by atomic mass is 10.0. The van der Waals surface area contributed by atoms with E-state index >= 15 is 4.39 Å². The van der Waals surface area contributed by atoms with Crippen molar-refractivity contribution < 1.29 is 44.3 Å². The fourth-order valence-corrected chi connectivity index (χ4v) is 4.85. The number of alkyl halides is 5. The van der Waals surface area contributed by atoms with Crippen molar-refractivity contribution in [3.63, 3.8) is 0 Å². The van der Waals surface area contributed by atoms with Crippen LogP contribution in [0.4, 0.5) is 39.5 Å². The molecular weight excluding hydrogens is 495 g/mol. The third-order valence-corrected chi connectivity index (χ3v) is 6.35. The predicted octanol–water partition coefficient (Wildman–Crippen LogP) is 8.71. The topological polar surface area (TPSA) is 9.23 Å². The van der Waals surface area contributed by atoms with Crippen LogP contribution in [0.3, 0.4) is 0 Å². The molecular formula is C23H13F9OS. The molecule has 0 saturated carbocycles. The first kappa shape index (κ1) is 24.2. The minimum atomic E-state index is -5.40. The average Bonchev–Trinajstić information content (AvgIpc) is 3.09. The Balaban J connectivity index is 1.77. The van der Waals surface area contributed by atoms with Crippen molar-refractivity contribution in [1.82, 2.24) is 0 Å². The Bertz CT molecular complexity index is 1380. The summed E-state index contributed by atoms with van der Waals surface area (Å²) in [6.07, 6.45) is -8.84. The molecule has 1 aromatic heterocycles. The van der Waals surface area contributed by atoms with E-state index in [0.29, 0.717) is 41.2 Å². The fraction of sp³-hybridized carbons (Fsp3) is 0.217. The maximum Gasteiger partial charge on any atom is 0.429 e. The summed E-state index contributed by atoms with van der Waals surface area (Å²) in [6, 6.07) is 4.74. The van der Waals surface area contributed by atoms with Gasteiger partial charge in [0.15, 0.2) is 5.82 Å². The van der Waals surface area contributed by atoms with Crippen LogP contribution in [0, 0.1) is 23.3 Å². The Morgan fingerprint density at radius 2 is 1.35 bits per heavy atom. The standard InChI is InChI=1S/C23H13F9OS/c1-2-3-10-4-5-12-13-6-7-14(19(27)21(13)34-20(12)18(10)26)23(31,32)33-11-8-15(24)17(16(25)9-11)22(28,29)30/h4-9H,2-3H2,1H3. The van der Waals surface area contributed by atoms with Gasteiger partial charge >= 0.3 is 12.3 Å². The van der Waals surface area contributed by atoms with Crippen molar-refractivity contribution in [2.45, 2.75) is 32.1 Å². The van der Waals surface area contributed by atoms with Crippen LogP contribution in [0.1, 0.15) is 30.0 Å². The van der Waals surface area contributed by atoms with Gasteiger partial charge in [-0.2, -0.15) is 22.0 Å². The SMILES string of the molecule is CCCc1ccc2c(sc3c(F)c(C(F)(F)Oc4cc(F)c(C(F)(F)F)c(F)c4)ccc32)c1F. The second-order valence-corrected chi connectivity index (χ2v) is 8.47. The highest BCUT2D eigenvalue weighted by atomic mass is 32.1. The van der Waals surface area contributed by atoms with Gasteiger partial charge < -0.3 is 4.74 Å². The molecule has 0 unspecified atom stereocenters. The van der Waals surface area contributed by atoms with Crippen molar-refractivity contribution in [1.29, 1.82) is 0 Å². The lowest BCUT2D eigenvalue weighted by Gasteiger charge is -2.20. The number of benzene rings is 3. The summed E-state index contributed by atoms with van der Waals surface area (Å²) in [7, 11) is 0. The Morgan fingerprint density at radius 1 is 0.794 bits per heavy atom. The molecule has 3 aromatic carbocycles. The Hall–Kier alpha value is -2.95. The maximum absolute atomic E-state index is 15.1. The van der Waals surface area contributed by atoms with Gasteiger partial charge in [0.05, 0.1) is 9.40 Å². The van der Waals surface area contributed by atoms with E-state index in [1.165, 1.54) is 6.07 Å². The van der Waals surface area contributed by atoms with Gasteiger partial charge in [0.1, 0.15) is 34.3 Å². The summed E-state index contributed by atoms with van der Waals surface area (Å²) in [5, 5.41) is 0.490. The second-order valence-electron chi connectivity index (χ2n) is 7.45. The minimum Gasteiger partial charge on any atom is -0.429 e. The summed E-state index contributed by atoms with van der Waals surface area (Å²) in [4.78, 5) is 0. The molecule has 0 saturated heterocycles. The van der Waals surface area contributed by atoms with Crippen LogP contribution in [-0.4, -0.2) is 0 Å². The first-order valence-electron chi connectivity index (χ1n) is 9.80. The summed E-state index contributed by atoms with van der Waals surface area (Å²) in [5.74, 6) is -7.65. The quantitative estimate of drug-likeness (QED) is 0.245. The molecule has 34 heavy (non-hydrogen) atoms. The van der Waals surface area contributed by atoms with E-state index in [1.54, 1.807) is 6.07 Å². The highest BCUT2D eigenvalue weighted by Gasteiger charge is 2.41. The summed E-state index contributed by atoms with van der Waals surface area (Å²) in [5.41, 5.74) is -3.21. The number of halogens is 9. The molecule has 0 fully saturated rings. The molecule has 0 N–H and O–H groups in total. The van der Waals surface area contributed by atoms with Crippen molar-refractivity contribution in [3.8, 4) is 5.75 Å². The molecule has 0 bridgehead atoms. The molecule has 1 nitrogen and oxygen atoms in total. The van der Waals surface area contributed by atoms with E-state index in [-0.39, 0.29) is 26.9 Å². The van der Waals surface area contributed by atoms with E-state index in [1.807, 2.05) is 6.92 Å². The third kappa shape index (κ3) is 4.06. The monoisotopic (exact) mass is 508 g/mol. The van der Waals surface area contributed by atoms with Crippen LogP contribution in [-0.2, 0) is 18.7 Å². The van der Waals surface area contributed by atoms with Crippen LogP contribution >= 0.6 is 11.3 Å². The van der Waals surface area contributed by atoms with Gasteiger partial charge in [-0.05, 0) is 18.1 Å². The van der Waals surface area contributed by atoms with Crippen molar-refractivity contribution in [2.75, 3.05) is 0 Å². The molecule has 11 heteroatoms. The molecule has 0 aliphatic carbocycles. The first-order chi connectivity index (χ1) is 15.8. The van der Waals surface area contributed by atoms with Crippen molar-refractivity contribution in [2.24, 2.45) is 0 Å². The molecule has 1 heterocycles. The lowest BCUT2D eigenvalue weighted by molar-refractivity contribution is -0.187. The van der Waals surface area contributed by atoms with E-state index in [4.69, 9.17) is 0 Å². The number of aryl methyl sites for hydroxylation is 1. The molecule has 0 aliphatic heterocycles. The Labute approximate surface area is 190 Å².